The lowest BCUT2D eigenvalue weighted by Gasteiger charge is -2.29. The summed E-state index contributed by atoms with van der Waals surface area (Å²) in [5.41, 5.74) is 4.03. The highest BCUT2D eigenvalue weighted by Gasteiger charge is 2.24. The summed E-state index contributed by atoms with van der Waals surface area (Å²) in [6.07, 6.45) is 2.48. The van der Waals surface area contributed by atoms with E-state index in [1.165, 1.54) is 33.8 Å². The van der Waals surface area contributed by atoms with E-state index < -0.39 is 22.1 Å². The maximum absolute atomic E-state index is 13.1. The van der Waals surface area contributed by atoms with E-state index in [1.54, 1.807) is 6.07 Å². The number of sulfonamides is 1. The summed E-state index contributed by atoms with van der Waals surface area (Å²) in [4.78, 5) is 10.7. The summed E-state index contributed by atoms with van der Waals surface area (Å²) < 4.78 is 27.5. The van der Waals surface area contributed by atoms with Crippen molar-refractivity contribution in [3.8, 4) is 11.1 Å². The molecule has 4 aromatic carbocycles. The molecular weight excluding hydrogens is 548 g/mol. The van der Waals surface area contributed by atoms with Crippen molar-refractivity contribution in [2.45, 2.75) is 37.7 Å². The van der Waals surface area contributed by atoms with Crippen LogP contribution < -0.4 is 5.32 Å². The van der Waals surface area contributed by atoms with Crippen LogP contribution >= 0.6 is 0 Å². The molecule has 220 valence electrons. The highest BCUT2D eigenvalue weighted by atomic mass is 32.2. The van der Waals surface area contributed by atoms with Crippen molar-refractivity contribution in [1.82, 2.24) is 9.62 Å². The third-order valence-electron chi connectivity index (χ3n) is 7.16. The van der Waals surface area contributed by atoms with Crippen LogP contribution in [0.4, 0.5) is 0 Å². The molecular formula is C34H38N2O5S. The van der Waals surface area contributed by atoms with Gasteiger partial charge in [0.1, 0.15) is 0 Å². The van der Waals surface area contributed by atoms with Crippen molar-refractivity contribution >= 4 is 32.8 Å². The maximum atomic E-state index is 13.1. The van der Waals surface area contributed by atoms with E-state index in [1.807, 2.05) is 54.6 Å². The fourth-order valence-electron chi connectivity index (χ4n) is 4.91. The quantitative estimate of drug-likeness (QED) is 0.183. The molecule has 0 fully saturated rings. The van der Waals surface area contributed by atoms with Gasteiger partial charge >= 0.3 is 5.97 Å². The van der Waals surface area contributed by atoms with Gasteiger partial charge in [0, 0.05) is 31.8 Å². The summed E-state index contributed by atoms with van der Waals surface area (Å²) in [6.45, 7) is 4.38. The Morgan fingerprint density at radius 3 is 2.33 bits per heavy atom. The van der Waals surface area contributed by atoms with Crippen molar-refractivity contribution in [2.24, 2.45) is 0 Å². The van der Waals surface area contributed by atoms with Crippen LogP contribution in [0.5, 0.6) is 0 Å². The Balaban J connectivity index is 1.32. The third kappa shape index (κ3) is 8.84. The van der Waals surface area contributed by atoms with Gasteiger partial charge in [-0.25, -0.2) is 17.5 Å². The molecule has 0 aliphatic carbocycles. The average Bonchev–Trinajstić information content (AvgIpc) is 2.95. The minimum absolute atomic E-state index is 0.0214. The Labute approximate surface area is 248 Å². The zero-order valence-corrected chi connectivity index (χ0v) is 25.0. The molecule has 42 heavy (non-hydrogen) atoms. The van der Waals surface area contributed by atoms with Gasteiger partial charge < -0.3 is 15.5 Å². The number of aliphatic hydroxyl groups is 1. The first-order chi connectivity index (χ1) is 19.9. The zero-order chi connectivity index (χ0) is 30.3. The van der Waals surface area contributed by atoms with Crippen LogP contribution in [0.25, 0.3) is 28.0 Å². The van der Waals surface area contributed by atoms with Crippen LogP contribution in [-0.4, -0.2) is 60.7 Å². The van der Waals surface area contributed by atoms with Crippen LogP contribution in [-0.2, 0) is 27.0 Å². The first-order valence-electron chi connectivity index (χ1n) is 13.9. The third-order valence-corrected chi connectivity index (χ3v) is 8.95. The second-order valence-electron chi connectivity index (χ2n) is 11.3. The molecule has 0 bridgehead atoms. The molecule has 0 heterocycles. The first-order valence-corrected chi connectivity index (χ1v) is 15.5. The van der Waals surface area contributed by atoms with Gasteiger partial charge in [-0.05, 0) is 64.9 Å². The molecule has 0 aromatic heterocycles. The van der Waals surface area contributed by atoms with Crippen molar-refractivity contribution in [3.05, 3.63) is 114 Å². The highest BCUT2D eigenvalue weighted by molar-refractivity contribution is 7.88. The highest BCUT2D eigenvalue weighted by Crippen LogP contribution is 2.23. The topological polar surface area (TPSA) is 107 Å². The lowest BCUT2D eigenvalue weighted by molar-refractivity contribution is -0.131. The summed E-state index contributed by atoms with van der Waals surface area (Å²) in [5, 5.41) is 25.3. The van der Waals surface area contributed by atoms with E-state index in [-0.39, 0.29) is 24.4 Å². The van der Waals surface area contributed by atoms with Crippen LogP contribution in [0.2, 0.25) is 0 Å². The fourth-order valence-corrected chi connectivity index (χ4v) is 6.13. The zero-order valence-electron chi connectivity index (χ0n) is 24.2. The number of β-amino-alcohol motifs (C(OH)–C–C–N with tert-alkyl or cyclic N) is 1. The van der Waals surface area contributed by atoms with Crippen molar-refractivity contribution in [2.75, 3.05) is 20.1 Å². The molecule has 0 saturated heterocycles. The second-order valence-corrected chi connectivity index (χ2v) is 13.4. The Bertz CT molecular complexity index is 1660. The van der Waals surface area contributed by atoms with Crippen molar-refractivity contribution in [1.29, 1.82) is 0 Å². The molecule has 0 radical (unpaired) electrons. The Hall–Kier alpha value is -3.82. The number of aliphatic carboxylic acids is 1. The maximum Gasteiger partial charge on any atom is 0.328 e. The number of carboxylic acid groups (broad SMARTS) is 1. The van der Waals surface area contributed by atoms with Gasteiger partial charge in [-0.1, -0.05) is 91.0 Å². The van der Waals surface area contributed by atoms with Gasteiger partial charge in [-0.15, -0.1) is 0 Å². The molecule has 4 rings (SSSR count). The summed E-state index contributed by atoms with van der Waals surface area (Å²) >= 11 is 0. The number of likely N-dealkylation sites (N-methyl/N-ethyl adjacent to an activating group) is 1. The smallest absolute Gasteiger partial charge is 0.328 e. The van der Waals surface area contributed by atoms with Gasteiger partial charge in [0.15, 0.2) is 0 Å². The molecule has 0 amide bonds. The Morgan fingerprint density at radius 2 is 1.62 bits per heavy atom. The van der Waals surface area contributed by atoms with Gasteiger partial charge in [-0.3, -0.25) is 0 Å². The van der Waals surface area contributed by atoms with Gasteiger partial charge in [0.2, 0.25) is 10.0 Å². The number of nitrogens with one attached hydrogen (secondary N) is 1. The molecule has 1 unspecified atom stereocenters. The minimum Gasteiger partial charge on any atom is -0.478 e. The second kappa shape index (κ2) is 13.4. The summed E-state index contributed by atoms with van der Waals surface area (Å²) in [5.74, 6) is -1.20. The van der Waals surface area contributed by atoms with Crippen LogP contribution in [0.15, 0.2) is 97.1 Å². The van der Waals surface area contributed by atoms with E-state index in [0.717, 1.165) is 29.2 Å². The van der Waals surface area contributed by atoms with E-state index in [4.69, 9.17) is 5.11 Å². The number of nitrogens with zero attached hydrogens (tertiary/aromatic N) is 1. The van der Waals surface area contributed by atoms with Crippen molar-refractivity contribution in [3.63, 3.8) is 0 Å². The fraction of sp³-hybridized carbons (Fsp3) is 0.265. The number of carboxylic acids is 1. The molecule has 1 atom stereocenters. The molecule has 0 aliphatic rings. The average molecular weight is 587 g/mol. The standard InChI is InChI=1S/C34H38N2O5S/c1-34(2,21-26-13-17-28-8-4-5-9-30(28)19-26)35-22-32(37)23-36(3)42(40,41)24-27-7-6-10-31(20-27)29-15-11-25(12-16-29)14-18-33(38)39/h4-20,32,35,37H,21-24H2,1-3H3,(H,38,39). The number of aliphatic hydroxyl groups excluding tert-OH is 1. The predicted octanol–water partition coefficient (Wildman–Crippen LogP) is 5.34. The number of carbonyl (C=O) groups is 1. The van der Waals surface area contributed by atoms with Crippen LogP contribution in [0.3, 0.4) is 0 Å². The minimum atomic E-state index is -3.67. The van der Waals surface area contributed by atoms with E-state index in [2.05, 4.69) is 49.5 Å². The van der Waals surface area contributed by atoms with Gasteiger partial charge in [0.25, 0.3) is 0 Å². The van der Waals surface area contributed by atoms with E-state index in [9.17, 15) is 18.3 Å². The lowest BCUT2D eigenvalue weighted by atomic mass is 9.93. The van der Waals surface area contributed by atoms with E-state index >= 15 is 0 Å². The molecule has 3 N–H and O–H groups in total. The Kier molecular flexibility index (Phi) is 9.96. The largest absolute Gasteiger partial charge is 0.478 e. The molecule has 0 saturated carbocycles. The number of rotatable bonds is 13. The number of fused-ring (bicyclic) bond motifs is 1. The molecule has 0 aliphatic heterocycles. The Morgan fingerprint density at radius 1 is 0.905 bits per heavy atom. The SMILES string of the molecule is CN(CC(O)CNC(C)(C)Cc1ccc2ccccc2c1)S(=O)(=O)Cc1cccc(-c2ccc(C=CC(=O)O)cc2)c1. The summed E-state index contributed by atoms with van der Waals surface area (Å²) in [6, 6.07) is 29.3. The van der Waals surface area contributed by atoms with E-state index in [0.29, 0.717) is 5.56 Å². The molecule has 7 nitrogen and oxygen atoms in total. The van der Waals surface area contributed by atoms with Gasteiger partial charge in [0.05, 0.1) is 11.9 Å². The van der Waals surface area contributed by atoms with Crippen LogP contribution in [0, 0.1) is 0 Å². The molecule has 4 aromatic rings. The lowest BCUT2D eigenvalue weighted by Crippen LogP contribution is -2.47. The van der Waals surface area contributed by atoms with Crippen molar-refractivity contribution < 1.29 is 23.4 Å². The first kappa shape index (κ1) is 31.1. The van der Waals surface area contributed by atoms with Gasteiger partial charge in [-0.2, -0.15) is 0 Å². The monoisotopic (exact) mass is 586 g/mol. The number of benzene rings is 4. The predicted molar refractivity (Wildman–Crippen MR) is 170 cm³/mol. The number of hydrogen-bond acceptors (Lipinski definition) is 5. The number of hydrogen-bond donors (Lipinski definition) is 3. The molecule has 0 spiro atoms. The van der Waals surface area contributed by atoms with Crippen LogP contribution in [0.1, 0.15) is 30.5 Å². The molecule has 8 heteroatoms. The summed E-state index contributed by atoms with van der Waals surface area (Å²) in [7, 11) is -2.18. The normalized spacial score (nSPS) is 13.2.